The Morgan fingerprint density at radius 1 is 0.947 bits per heavy atom. The molecule has 1 N–H and O–H groups in total. The molecule has 0 aliphatic heterocycles. The summed E-state index contributed by atoms with van der Waals surface area (Å²) in [4.78, 5) is 8.87. The van der Waals surface area contributed by atoms with Crippen molar-refractivity contribution in [1.82, 2.24) is 9.97 Å². The minimum atomic E-state index is -0.381. The number of hydrogen-bond donors (Lipinski definition) is 1. The van der Waals surface area contributed by atoms with Crippen LogP contribution in [-0.4, -0.2) is 9.97 Å². The second kappa shape index (κ2) is 12.2. The summed E-state index contributed by atoms with van der Waals surface area (Å²) in [5, 5.41) is 4.01. The third-order valence-electron chi connectivity index (χ3n) is 6.82. The van der Waals surface area contributed by atoms with Crippen molar-refractivity contribution in [2.24, 2.45) is 0 Å². The number of ether oxygens (including phenoxy) is 1. The molecule has 5 rings (SSSR count). The minimum absolute atomic E-state index is 0.167. The molecule has 0 radical (unpaired) electrons. The van der Waals surface area contributed by atoms with Crippen LogP contribution in [0, 0.1) is 5.82 Å². The van der Waals surface area contributed by atoms with E-state index in [1.54, 1.807) is 18.5 Å². The highest BCUT2D eigenvalue weighted by atomic mass is 35.5. The Bertz CT molecular complexity index is 1410. The van der Waals surface area contributed by atoms with E-state index in [1.165, 1.54) is 41.0 Å². The van der Waals surface area contributed by atoms with Gasteiger partial charge in [0.15, 0.2) is 0 Å². The van der Waals surface area contributed by atoms with Crippen molar-refractivity contribution in [1.29, 1.82) is 0 Å². The molecule has 0 saturated heterocycles. The molecule has 1 saturated carbocycles. The van der Waals surface area contributed by atoms with Gasteiger partial charge in [0.2, 0.25) is 5.88 Å². The fraction of sp³-hybridized carbons (Fsp3) is 0.250. The van der Waals surface area contributed by atoms with Crippen LogP contribution in [0.5, 0.6) is 5.88 Å². The Labute approximate surface area is 228 Å². The molecule has 1 heterocycles. The van der Waals surface area contributed by atoms with Crippen molar-refractivity contribution in [3.63, 3.8) is 0 Å². The number of benzene rings is 3. The molecule has 4 nitrogen and oxygen atoms in total. The molecule has 1 fully saturated rings. The Kier molecular flexibility index (Phi) is 8.34. The van der Waals surface area contributed by atoms with Gasteiger partial charge in [-0.05, 0) is 61.1 Å². The number of halogens is 2. The molecule has 1 aromatic heterocycles. The Hall–Kier alpha value is -3.70. The zero-order valence-electron chi connectivity index (χ0n) is 21.5. The SMILES string of the molecule is CCCc1ccc(CC(Nc2ccc(-c3nccnc3OCc3ccc(F)cc3Cl)cc2)=C2CCC2)cc1. The topological polar surface area (TPSA) is 47.0 Å². The lowest BCUT2D eigenvalue weighted by Crippen LogP contribution is -2.11. The maximum Gasteiger partial charge on any atom is 0.240 e. The van der Waals surface area contributed by atoms with Crippen LogP contribution in [0.2, 0.25) is 5.02 Å². The van der Waals surface area contributed by atoms with Crippen LogP contribution in [0.4, 0.5) is 10.1 Å². The summed E-state index contributed by atoms with van der Waals surface area (Å²) in [5.74, 6) is 0.0195. The monoisotopic (exact) mass is 527 g/mol. The van der Waals surface area contributed by atoms with E-state index in [2.05, 4.69) is 58.6 Å². The molecule has 194 valence electrons. The fourth-order valence-corrected chi connectivity index (χ4v) is 4.75. The normalized spacial score (nSPS) is 12.7. The van der Waals surface area contributed by atoms with Crippen LogP contribution in [0.25, 0.3) is 11.3 Å². The Morgan fingerprint density at radius 3 is 2.37 bits per heavy atom. The summed E-state index contributed by atoms with van der Waals surface area (Å²) in [6.45, 7) is 2.38. The van der Waals surface area contributed by atoms with Gasteiger partial charge in [0.25, 0.3) is 0 Å². The van der Waals surface area contributed by atoms with Crippen molar-refractivity contribution >= 4 is 17.3 Å². The first kappa shape index (κ1) is 25.9. The van der Waals surface area contributed by atoms with Crippen LogP contribution in [0.15, 0.2) is 90.4 Å². The van der Waals surface area contributed by atoms with Crippen molar-refractivity contribution in [2.45, 2.75) is 52.1 Å². The van der Waals surface area contributed by atoms with Gasteiger partial charge in [-0.15, -0.1) is 0 Å². The largest absolute Gasteiger partial charge is 0.471 e. The fourth-order valence-electron chi connectivity index (χ4n) is 4.53. The molecule has 4 aromatic rings. The van der Waals surface area contributed by atoms with Gasteiger partial charge in [0, 0.05) is 41.3 Å². The van der Waals surface area contributed by atoms with E-state index >= 15 is 0 Å². The smallest absolute Gasteiger partial charge is 0.240 e. The Morgan fingerprint density at radius 2 is 1.68 bits per heavy atom. The lowest BCUT2D eigenvalue weighted by Gasteiger charge is -2.24. The van der Waals surface area contributed by atoms with Gasteiger partial charge in [0.05, 0.1) is 5.02 Å². The van der Waals surface area contributed by atoms with E-state index in [-0.39, 0.29) is 12.4 Å². The van der Waals surface area contributed by atoms with E-state index in [0.717, 1.165) is 43.4 Å². The van der Waals surface area contributed by atoms with E-state index in [9.17, 15) is 4.39 Å². The number of aromatic nitrogens is 2. The first-order valence-corrected chi connectivity index (χ1v) is 13.5. The van der Waals surface area contributed by atoms with Gasteiger partial charge in [-0.3, -0.25) is 0 Å². The maximum absolute atomic E-state index is 13.4. The summed E-state index contributed by atoms with van der Waals surface area (Å²) in [5.41, 5.74) is 8.78. The van der Waals surface area contributed by atoms with Gasteiger partial charge < -0.3 is 10.1 Å². The molecule has 0 bridgehead atoms. The second-order valence-corrected chi connectivity index (χ2v) is 10.0. The van der Waals surface area contributed by atoms with E-state index < -0.39 is 0 Å². The molecule has 1 aliphatic carbocycles. The molecule has 0 atom stereocenters. The van der Waals surface area contributed by atoms with Gasteiger partial charge in [-0.2, -0.15) is 0 Å². The quantitative estimate of drug-likeness (QED) is 0.224. The van der Waals surface area contributed by atoms with Crippen LogP contribution >= 0.6 is 11.6 Å². The third kappa shape index (κ3) is 6.40. The lowest BCUT2D eigenvalue weighted by molar-refractivity contribution is 0.294. The summed E-state index contributed by atoms with van der Waals surface area (Å²) in [6, 6.07) is 21.4. The van der Waals surface area contributed by atoms with Gasteiger partial charge in [-0.25, -0.2) is 14.4 Å². The first-order chi connectivity index (χ1) is 18.6. The summed E-state index contributed by atoms with van der Waals surface area (Å²) < 4.78 is 19.3. The zero-order chi connectivity index (χ0) is 26.3. The zero-order valence-corrected chi connectivity index (χ0v) is 22.3. The summed E-state index contributed by atoms with van der Waals surface area (Å²) >= 11 is 6.15. The minimum Gasteiger partial charge on any atom is -0.471 e. The van der Waals surface area contributed by atoms with Crippen LogP contribution in [0.3, 0.4) is 0 Å². The van der Waals surface area contributed by atoms with E-state index in [0.29, 0.717) is 22.2 Å². The van der Waals surface area contributed by atoms with Crippen LogP contribution < -0.4 is 10.1 Å². The predicted octanol–water partition coefficient (Wildman–Crippen LogP) is 8.56. The average molecular weight is 528 g/mol. The van der Waals surface area contributed by atoms with Crippen LogP contribution in [0.1, 0.15) is 49.3 Å². The summed E-state index contributed by atoms with van der Waals surface area (Å²) in [7, 11) is 0. The number of rotatable bonds is 10. The third-order valence-corrected chi connectivity index (χ3v) is 7.18. The molecule has 38 heavy (non-hydrogen) atoms. The number of hydrogen-bond acceptors (Lipinski definition) is 4. The van der Waals surface area contributed by atoms with Crippen molar-refractivity contribution in [3.05, 3.63) is 118 Å². The maximum atomic E-state index is 13.4. The summed E-state index contributed by atoms with van der Waals surface area (Å²) in [6.07, 6.45) is 10.00. The molecule has 0 amide bonds. The van der Waals surface area contributed by atoms with Crippen molar-refractivity contribution < 1.29 is 9.13 Å². The molecule has 1 aliphatic rings. The number of anilines is 1. The average Bonchev–Trinajstić information content (AvgIpc) is 2.89. The molecular weight excluding hydrogens is 497 g/mol. The lowest BCUT2D eigenvalue weighted by atomic mass is 9.88. The van der Waals surface area contributed by atoms with Crippen molar-refractivity contribution in [2.75, 3.05) is 5.32 Å². The highest BCUT2D eigenvalue weighted by Crippen LogP contribution is 2.32. The standard InChI is InChI=1S/C32H31ClFN3O/c1-2-4-22-7-9-23(10-8-22)19-30(24-5-3-6-24)37-28-15-12-25(13-16-28)31-32(36-18-17-35-31)38-21-26-11-14-27(34)20-29(26)33/h7-18,20,37H,2-6,19,21H2,1H3. The van der Waals surface area contributed by atoms with Gasteiger partial charge in [0.1, 0.15) is 18.1 Å². The number of nitrogens with one attached hydrogen (secondary N) is 1. The molecular formula is C32H31ClFN3O. The molecule has 0 spiro atoms. The highest BCUT2D eigenvalue weighted by molar-refractivity contribution is 6.31. The van der Waals surface area contributed by atoms with E-state index in [1.807, 2.05) is 12.1 Å². The van der Waals surface area contributed by atoms with Crippen molar-refractivity contribution in [3.8, 4) is 17.1 Å². The molecule has 3 aromatic carbocycles. The molecule has 0 unspecified atom stereocenters. The second-order valence-electron chi connectivity index (χ2n) is 9.62. The van der Waals surface area contributed by atoms with Gasteiger partial charge >= 0.3 is 0 Å². The predicted molar refractivity (Wildman–Crippen MR) is 152 cm³/mol. The Balaban J connectivity index is 1.29. The van der Waals surface area contributed by atoms with Gasteiger partial charge in [-0.1, -0.05) is 73.0 Å². The van der Waals surface area contributed by atoms with Crippen LogP contribution in [-0.2, 0) is 19.4 Å². The number of aryl methyl sites for hydroxylation is 1. The van der Waals surface area contributed by atoms with E-state index in [4.69, 9.17) is 16.3 Å². The number of allylic oxidation sites excluding steroid dienone is 2. The molecule has 6 heteroatoms. The first-order valence-electron chi connectivity index (χ1n) is 13.1. The highest BCUT2D eigenvalue weighted by Gasteiger charge is 2.16. The number of nitrogens with zero attached hydrogens (tertiary/aromatic N) is 2.